The zero-order valence-corrected chi connectivity index (χ0v) is 16.8. The van der Waals surface area contributed by atoms with E-state index in [0.717, 1.165) is 20.8 Å². The monoisotopic (exact) mass is 405 g/mol. The second-order valence-corrected chi connectivity index (χ2v) is 7.85. The molecule has 2 heterocycles. The molecule has 0 aliphatic rings. The fourth-order valence-electron chi connectivity index (χ4n) is 2.98. The van der Waals surface area contributed by atoms with Crippen molar-refractivity contribution in [3.8, 4) is 0 Å². The molecular formula is C21H19N5O2S. The highest BCUT2D eigenvalue weighted by Crippen LogP contribution is 2.25. The summed E-state index contributed by atoms with van der Waals surface area (Å²) in [5.41, 5.74) is 2.72. The summed E-state index contributed by atoms with van der Waals surface area (Å²) in [4.78, 5) is 29.3. The van der Waals surface area contributed by atoms with E-state index in [0.29, 0.717) is 11.5 Å². The van der Waals surface area contributed by atoms with Crippen molar-refractivity contribution >= 4 is 44.9 Å². The molecule has 2 N–H and O–H groups in total. The largest absolute Gasteiger partial charge is 0.321 e. The molecule has 0 bridgehead atoms. The summed E-state index contributed by atoms with van der Waals surface area (Å²) < 4.78 is 2.49. The third-order valence-corrected chi connectivity index (χ3v) is 5.27. The molecule has 0 atom stereocenters. The van der Waals surface area contributed by atoms with Crippen molar-refractivity contribution in [2.75, 3.05) is 10.6 Å². The Balaban J connectivity index is 1.44. The average Bonchev–Trinajstić information content (AvgIpc) is 3.24. The molecule has 0 saturated carbocycles. The van der Waals surface area contributed by atoms with E-state index in [9.17, 15) is 9.59 Å². The number of amides is 2. The van der Waals surface area contributed by atoms with Gasteiger partial charge in [0.2, 0.25) is 5.91 Å². The summed E-state index contributed by atoms with van der Waals surface area (Å²) in [6, 6.07) is 16.6. The lowest BCUT2D eigenvalue weighted by Gasteiger charge is -2.04. The van der Waals surface area contributed by atoms with Crippen LogP contribution in [0.4, 0.5) is 11.5 Å². The highest BCUT2D eigenvalue weighted by Gasteiger charge is 2.15. The second-order valence-electron chi connectivity index (χ2n) is 6.62. The van der Waals surface area contributed by atoms with E-state index in [1.807, 2.05) is 55.5 Å². The van der Waals surface area contributed by atoms with Crippen LogP contribution in [0.1, 0.15) is 21.1 Å². The average molecular weight is 405 g/mol. The number of hydrogen-bond donors (Lipinski definition) is 2. The molecule has 0 saturated heterocycles. The lowest BCUT2D eigenvalue weighted by atomic mass is 10.1. The van der Waals surface area contributed by atoms with Gasteiger partial charge in [-0.15, -0.1) is 11.3 Å². The molecule has 0 radical (unpaired) electrons. The Bertz CT molecular complexity index is 1200. The third kappa shape index (κ3) is 4.33. The van der Waals surface area contributed by atoms with E-state index < -0.39 is 0 Å². The molecule has 0 fully saturated rings. The van der Waals surface area contributed by atoms with Gasteiger partial charge in [-0.1, -0.05) is 30.3 Å². The van der Waals surface area contributed by atoms with E-state index in [2.05, 4.69) is 20.7 Å². The van der Waals surface area contributed by atoms with Crippen molar-refractivity contribution in [1.29, 1.82) is 0 Å². The van der Waals surface area contributed by atoms with Crippen molar-refractivity contribution in [3.63, 3.8) is 0 Å². The number of anilines is 2. The Hall–Kier alpha value is -3.52. The predicted octanol–water partition coefficient (Wildman–Crippen LogP) is 3.77. The minimum Gasteiger partial charge on any atom is -0.321 e. The van der Waals surface area contributed by atoms with Crippen LogP contribution in [0.25, 0.3) is 10.2 Å². The number of aromatic nitrogens is 3. The predicted molar refractivity (Wildman–Crippen MR) is 114 cm³/mol. The minimum absolute atomic E-state index is 0.169. The molecule has 2 aromatic heterocycles. The summed E-state index contributed by atoms with van der Waals surface area (Å²) in [6.45, 7) is 1.95. The number of carbonyl (C=O) groups is 2. The molecule has 0 aliphatic heterocycles. The normalized spacial score (nSPS) is 10.8. The first-order valence-corrected chi connectivity index (χ1v) is 9.86. The highest BCUT2D eigenvalue weighted by molar-refractivity contribution is 7.18. The first kappa shape index (κ1) is 18.8. The van der Waals surface area contributed by atoms with Crippen LogP contribution in [0.15, 0.2) is 54.6 Å². The molecule has 7 nitrogen and oxygen atoms in total. The number of fused-ring (bicyclic) bond motifs is 1. The van der Waals surface area contributed by atoms with Crippen molar-refractivity contribution in [3.05, 3.63) is 70.9 Å². The number of nitrogens with zero attached hydrogens (tertiary/aromatic N) is 3. The Kier molecular flexibility index (Phi) is 5.09. The van der Waals surface area contributed by atoms with Gasteiger partial charge in [0.25, 0.3) is 5.91 Å². The van der Waals surface area contributed by atoms with Gasteiger partial charge in [0.15, 0.2) is 5.69 Å². The topological polar surface area (TPSA) is 88.9 Å². The Labute approximate surface area is 171 Å². The number of carbonyl (C=O) groups excluding carboxylic acids is 2. The van der Waals surface area contributed by atoms with Crippen LogP contribution in [0, 0.1) is 6.92 Å². The van der Waals surface area contributed by atoms with Crippen LogP contribution >= 0.6 is 11.3 Å². The fraction of sp³-hybridized carbons (Fsp3) is 0.143. The van der Waals surface area contributed by atoms with Gasteiger partial charge < -0.3 is 10.6 Å². The minimum atomic E-state index is -0.343. The molecule has 0 spiro atoms. The molecule has 146 valence electrons. The number of hydrogen-bond acceptors (Lipinski definition) is 5. The van der Waals surface area contributed by atoms with Gasteiger partial charge in [0.05, 0.1) is 21.6 Å². The molecule has 2 aromatic carbocycles. The van der Waals surface area contributed by atoms with Gasteiger partial charge in [-0.2, -0.15) is 5.10 Å². The van der Waals surface area contributed by atoms with Crippen molar-refractivity contribution < 1.29 is 9.59 Å². The SMILES string of the molecule is Cc1nc2ccc(NC(=O)c3cc(NC(=O)Cc4ccccc4)n(C)n3)cc2s1. The molecule has 2 amide bonds. The summed E-state index contributed by atoms with van der Waals surface area (Å²) in [5.74, 6) is -0.0495. The highest BCUT2D eigenvalue weighted by atomic mass is 32.1. The van der Waals surface area contributed by atoms with Crippen molar-refractivity contribution in [1.82, 2.24) is 14.8 Å². The quantitative estimate of drug-likeness (QED) is 0.529. The molecule has 29 heavy (non-hydrogen) atoms. The van der Waals surface area contributed by atoms with Gasteiger partial charge >= 0.3 is 0 Å². The van der Waals surface area contributed by atoms with E-state index in [4.69, 9.17) is 0 Å². The lowest BCUT2D eigenvalue weighted by Crippen LogP contribution is -2.16. The number of nitrogens with one attached hydrogen (secondary N) is 2. The van der Waals surface area contributed by atoms with Crippen LogP contribution in [0.5, 0.6) is 0 Å². The maximum absolute atomic E-state index is 12.6. The Morgan fingerprint density at radius 3 is 2.66 bits per heavy atom. The van der Waals surface area contributed by atoms with E-state index in [-0.39, 0.29) is 23.9 Å². The zero-order chi connectivity index (χ0) is 20.4. The van der Waals surface area contributed by atoms with Crippen LogP contribution in [0.2, 0.25) is 0 Å². The fourth-order valence-corrected chi connectivity index (χ4v) is 3.84. The van der Waals surface area contributed by atoms with E-state index in [1.165, 1.54) is 4.68 Å². The number of aryl methyl sites for hydroxylation is 2. The Morgan fingerprint density at radius 2 is 1.86 bits per heavy atom. The molecule has 0 aliphatic carbocycles. The van der Waals surface area contributed by atoms with Gasteiger partial charge in [-0.3, -0.25) is 14.3 Å². The van der Waals surface area contributed by atoms with E-state index >= 15 is 0 Å². The summed E-state index contributed by atoms with van der Waals surface area (Å²) in [6.07, 6.45) is 0.252. The van der Waals surface area contributed by atoms with Crippen LogP contribution in [-0.2, 0) is 18.3 Å². The van der Waals surface area contributed by atoms with Crippen molar-refractivity contribution in [2.45, 2.75) is 13.3 Å². The molecule has 0 unspecified atom stereocenters. The van der Waals surface area contributed by atoms with E-state index in [1.54, 1.807) is 24.5 Å². The van der Waals surface area contributed by atoms with Crippen LogP contribution in [-0.4, -0.2) is 26.6 Å². The number of thiazole rings is 1. The second kappa shape index (κ2) is 7.84. The lowest BCUT2D eigenvalue weighted by molar-refractivity contribution is -0.115. The smallest absolute Gasteiger partial charge is 0.276 e. The maximum atomic E-state index is 12.6. The number of rotatable bonds is 5. The van der Waals surface area contributed by atoms with Crippen LogP contribution < -0.4 is 10.6 Å². The van der Waals surface area contributed by atoms with Gasteiger partial charge in [-0.25, -0.2) is 4.98 Å². The molecule has 4 aromatic rings. The van der Waals surface area contributed by atoms with Gasteiger partial charge in [0.1, 0.15) is 5.82 Å². The zero-order valence-electron chi connectivity index (χ0n) is 16.0. The first-order valence-electron chi connectivity index (χ1n) is 9.04. The van der Waals surface area contributed by atoms with Gasteiger partial charge in [0, 0.05) is 18.8 Å². The standard InChI is InChI=1S/C21H19N5O2S/c1-13-22-16-9-8-15(11-18(16)29-13)23-21(28)17-12-19(26(2)25-17)24-20(27)10-14-6-4-3-5-7-14/h3-9,11-12H,10H2,1-2H3,(H,23,28)(H,24,27). The maximum Gasteiger partial charge on any atom is 0.276 e. The number of benzene rings is 2. The molecular weight excluding hydrogens is 386 g/mol. The first-order chi connectivity index (χ1) is 14.0. The third-order valence-electron chi connectivity index (χ3n) is 4.34. The van der Waals surface area contributed by atoms with Crippen LogP contribution in [0.3, 0.4) is 0 Å². The van der Waals surface area contributed by atoms with Gasteiger partial charge in [-0.05, 0) is 30.7 Å². The summed E-state index contributed by atoms with van der Waals surface area (Å²) in [5, 5.41) is 10.8. The summed E-state index contributed by atoms with van der Waals surface area (Å²) >= 11 is 1.57. The molecule has 8 heteroatoms. The Morgan fingerprint density at radius 1 is 1.07 bits per heavy atom. The molecule has 4 rings (SSSR count). The summed E-state index contributed by atoms with van der Waals surface area (Å²) in [7, 11) is 1.68. The van der Waals surface area contributed by atoms with Crippen molar-refractivity contribution in [2.24, 2.45) is 7.05 Å².